The fraction of sp³-hybridized carbons (Fsp3) is 1.00. The summed E-state index contributed by atoms with van der Waals surface area (Å²) in [5.41, 5.74) is 0. The maximum absolute atomic E-state index is 10.5. The Hall–Kier alpha value is -0.600. The Bertz CT molecular complexity index is 624. The third-order valence-corrected chi connectivity index (χ3v) is 6.05. The number of hydrogen-bond donors (Lipinski definition) is 10. The normalized spacial score (nSPS) is 53.7. The van der Waals surface area contributed by atoms with Crippen LogP contribution in [0.25, 0.3) is 0 Å². The molecular formula is C18H32O15. The second-order valence-electron chi connectivity index (χ2n) is 8.32. The van der Waals surface area contributed by atoms with Crippen molar-refractivity contribution in [3.63, 3.8) is 0 Å². The summed E-state index contributed by atoms with van der Waals surface area (Å²) in [6.45, 7) is -0.127. The van der Waals surface area contributed by atoms with Gasteiger partial charge in [0.1, 0.15) is 67.1 Å². The first kappa shape index (κ1) is 27.0. The molecule has 0 saturated carbocycles. The molecule has 9 unspecified atom stereocenters. The summed E-state index contributed by atoms with van der Waals surface area (Å²) in [4.78, 5) is 0. The van der Waals surface area contributed by atoms with Crippen LogP contribution in [0.15, 0.2) is 0 Å². The molecule has 3 aliphatic rings. The van der Waals surface area contributed by atoms with E-state index in [0.717, 1.165) is 0 Å². The molecule has 3 saturated heterocycles. The highest BCUT2D eigenvalue weighted by molar-refractivity contribution is 4.96. The second kappa shape index (κ2) is 11.0. The molecule has 0 aromatic heterocycles. The molecule has 3 fully saturated rings. The Morgan fingerprint density at radius 3 is 1.64 bits per heavy atom. The Balaban J connectivity index is 1.83. The molecule has 0 bridgehead atoms. The molecule has 3 aliphatic heterocycles. The van der Waals surface area contributed by atoms with E-state index in [0.29, 0.717) is 0 Å². The molecule has 0 aliphatic carbocycles. The summed E-state index contributed by atoms with van der Waals surface area (Å²) >= 11 is 0. The van der Waals surface area contributed by atoms with Gasteiger partial charge in [0.25, 0.3) is 0 Å². The van der Waals surface area contributed by atoms with Crippen LogP contribution in [0, 0.1) is 0 Å². The summed E-state index contributed by atoms with van der Waals surface area (Å²) in [6.07, 6.45) is -24.0. The zero-order chi connectivity index (χ0) is 24.6. The summed E-state index contributed by atoms with van der Waals surface area (Å²) in [5, 5.41) is 99.8. The van der Waals surface area contributed by atoms with Gasteiger partial charge in [0.05, 0.1) is 19.3 Å². The van der Waals surface area contributed by atoms with Crippen molar-refractivity contribution in [2.24, 2.45) is 0 Å². The van der Waals surface area contributed by atoms with Crippen molar-refractivity contribution in [2.75, 3.05) is 13.2 Å². The number of aliphatic hydroxyl groups is 10. The highest BCUT2D eigenvalue weighted by atomic mass is 16.8. The second-order valence-corrected chi connectivity index (χ2v) is 8.32. The first-order chi connectivity index (χ1) is 15.5. The number of aliphatic hydroxyl groups excluding tert-OH is 10. The minimum atomic E-state index is -1.88. The highest BCUT2D eigenvalue weighted by Crippen LogP contribution is 2.32. The first-order valence-corrected chi connectivity index (χ1v) is 10.4. The Labute approximate surface area is 187 Å². The van der Waals surface area contributed by atoms with Gasteiger partial charge in [-0.15, -0.1) is 0 Å². The molecule has 15 atom stereocenters. The Morgan fingerprint density at radius 1 is 0.545 bits per heavy atom. The van der Waals surface area contributed by atoms with Gasteiger partial charge >= 0.3 is 0 Å². The summed E-state index contributed by atoms with van der Waals surface area (Å²) in [7, 11) is 0. The van der Waals surface area contributed by atoms with E-state index in [-0.39, 0.29) is 0 Å². The average Bonchev–Trinajstić information content (AvgIpc) is 2.80. The molecule has 0 spiro atoms. The van der Waals surface area contributed by atoms with Crippen LogP contribution in [-0.2, 0) is 23.7 Å². The van der Waals surface area contributed by atoms with Gasteiger partial charge in [0.2, 0.25) is 0 Å². The summed E-state index contributed by atoms with van der Waals surface area (Å²) < 4.78 is 26.9. The number of hydrogen-bond acceptors (Lipinski definition) is 15. The lowest BCUT2D eigenvalue weighted by molar-refractivity contribution is -0.382. The molecule has 0 aromatic carbocycles. The molecule has 3 heterocycles. The van der Waals surface area contributed by atoms with Crippen LogP contribution in [0.5, 0.6) is 0 Å². The lowest BCUT2D eigenvalue weighted by atomic mass is 9.96. The van der Waals surface area contributed by atoms with Gasteiger partial charge in [-0.1, -0.05) is 0 Å². The van der Waals surface area contributed by atoms with Gasteiger partial charge < -0.3 is 74.7 Å². The van der Waals surface area contributed by atoms with Crippen molar-refractivity contribution in [3.05, 3.63) is 0 Å². The van der Waals surface area contributed by atoms with E-state index < -0.39 is 105 Å². The zero-order valence-electron chi connectivity index (χ0n) is 17.6. The maximum Gasteiger partial charge on any atom is 0.187 e. The minimum Gasteiger partial charge on any atom is -0.394 e. The van der Waals surface area contributed by atoms with Gasteiger partial charge in [-0.3, -0.25) is 0 Å². The quantitative estimate of drug-likeness (QED) is 0.167. The Morgan fingerprint density at radius 2 is 1.06 bits per heavy atom. The van der Waals surface area contributed by atoms with Gasteiger partial charge in [0, 0.05) is 0 Å². The van der Waals surface area contributed by atoms with Crippen molar-refractivity contribution in [1.29, 1.82) is 0 Å². The van der Waals surface area contributed by atoms with E-state index in [2.05, 4.69) is 0 Å². The number of ether oxygens (including phenoxy) is 5. The SMILES string of the molecule is CC1O[C@@H](OC2C(O)[C@@H](O)OC(CO)[C@H]2O[C@@H]2OC(CO)[C@H](O)C(O)C2O)C(O)C(O)[C@@H]1O. The van der Waals surface area contributed by atoms with Crippen molar-refractivity contribution >= 4 is 0 Å². The van der Waals surface area contributed by atoms with Gasteiger partial charge in [-0.25, -0.2) is 0 Å². The van der Waals surface area contributed by atoms with Crippen molar-refractivity contribution in [1.82, 2.24) is 0 Å². The van der Waals surface area contributed by atoms with E-state index in [4.69, 9.17) is 23.7 Å². The van der Waals surface area contributed by atoms with Gasteiger partial charge in [-0.2, -0.15) is 0 Å². The van der Waals surface area contributed by atoms with E-state index in [1.54, 1.807) is 0 Å². The van der Waals surface area contributed by atoms with E-state index in [9.17, 15) is 51.1 Å². The van der Waals surface area contributed by atoms with Crippen LogP contribution in [0.2, 0.25) is 0 Å². The fourth-order valence-electron chi connectivity index (χ4n) is 3.99. The molecule has 0 aromatic rings. The summed E-state index contributed by atoms with van der Waals surface area (Å²) in [6, 6.07) is 0. The van der Waals surface area contributed by atoms with Crippen LogP contribution >= 0.6 is 0 Å². The molecule has 33 heavy (non-hydrogen) atoms. The standard InChI is InChI=1S/C18H32O15/c1-4-7(21)9(23)11(25)17(29-4)33-15-13(27)16(28)30-6(3-20)14(15)32-18-12(26)10(24)8(22)5(2-19)31-18/h4-28H,2-3H2,1H3/t4?,5?,6?,7-,8+,9?,10?,11?,12?,13?,14-,15?,16+,17+,18+/m1/s1. The predicted molar refractivity (Wildman–Crippen MR) is 99.8 cm³/mol. The van der Waals surface area contributed by atoms with Crippen LogP contribution in [0.3, 0.4) is 0 Å². The molecule has 0 radical (unpaired) electrons. The van der Waals surface area contributed by atoms with E-state index in [1.807, 2.05) is 0 Å². The minimum absolute atomic E-state index is 0.739. The van der Waals surface area contributed by atoms with Crippen LogP contribution in [-0.4, -0.2) is 156 Å². The van der Waals surface area contributed by atoms with Crippen molar-refractivity contribution in [3.8, 4) is 0 Å². The maximum atomic E-state index is 10.5. The fourth-order valence-corrected chi connectivity index (χ4v) is 3.99. The predicted octanol–water partition coefficient (Wildman–Crippen LogP) is -6.55. The molecule has 3 rings (SSSR count). The average molecular weight is 488 g/mol. The van der Waals surface area contributed by atoms with Crippen LogP contribution in [0.1, 0.15) is 6.92 Å². The molecule has 10 N–H and O–H groups in total. The van der Waals surface area contributed by atoms with Crippen LogP contribution < -0.4 is 0 Å². The van der Waals surface area contributed by atoms with E-state index >= 15 is 0 Å². The third kappa shape index (κ3) is 5.32. The third-order valence-electron chi connectivity index (χ3n) is 6.05. The smallest absolute Gasteiger partial charge is 0.187 e. The largest absolute Gasteiger partial charge is 0.394 e. The monoisotopic (exact) mass is 488 g/mol. The highest BCUT2D eigenvalue weighted by Gasteiger charge is 2.53. The van der Waals surface area contributed by atoms with Crippen LogP contribution in [0.4, 0.5) is 0 Å². The Kier molecular flexibility index (Phi) is 8.99. The van der Waals surface area contributed by atoms with Gasteiger partial charge in [-0.05, 0) is 6.92 Å². The van der Waals surface area contributed by atoms with E-state index in [1.165, 1.54) is 6.92 Å². The molecule has 0 amide bonds. The molecular weight excluding hydrogens is 456 g/mol. The zero-order valence-corrected chi connectivity index (χ0v) is 17.6. The van der Waals surface area contributed by atoms with Gasteiger partial charge in [0.15, 0.2) is 18.9 Å². The van der Waals surface area contributed by atoms with Crippen molar-refractivity contribution in [2.45, 2.75) is 99.0 Å². The number of rotatable bonds is 6. The molecule has 15 heteroatoms. The topological polar surface area (TPSA) is 248 Å². The summed E-state index contributed by atoms with van der Waals surface area (Å²) in [5.74, 6) is 0. The molecule has 15 nitrogen and oxygen atoms in total. The van der Waals surface area contributed by atoms with Crippen molar-refractivity contribution < 1.29 is 74.7 Å². The lowest BCUT2D eigenvalue weighted by Crippen LogP contribution is -2.66. The molecule has 194 valence electrons. The first-order valence-electron chi connectivity index (χ1n) is 10.4. The lowest BCUT2D eigenvalue weighted by Gasteiger charge is -2.48.